The van der Waals surface area contributed by atoms with Crippen molar-refractivity contribution in [2.45, 2.75) is 59.1 Å². The number of hydrogen-bond donors (Lipinski definition) is 2. The van der Waals surface area contributed by atoms with Crippen molar-refractivity contribution in [2.24, 2.45) is 0 Å². The Labute approximate surface area is 221 Å². The SMILES string of the molecule is CCCCN(CC(=O)Nc1cc(C(C)(C)C)nn1-c1ccc(C)cc1)C(=O)Nc1cccc(C(F)(F)F)c1. The van der Waals surface area contributed by atoms with Gasteiger partial charge in [-0.3, -0.25) is 4.79 Å². The second-order valence-electron chi connectivity index (χ2n) is 10.2. The van der Waals surface area contributed by atoms with Crippen LogP contribution in [0.15, 0.2) is 54.6 Å². The number of urea groups is 1. The van der Waals surface area contributed by atoms with E-state index < -0.39 is 23.7 Å². The Morgan fingerprint density at radius 1 is 1.00 bits per heavy atom. The number of halogens is 3. The number of amides is 3. The Morgan fingerprint density at radius 3 is 2.29 bits per heavy atom. The molecular formula is C28H34F3N5O2. The summed E-state index contributed by atoms with van der Waals surface area (Å²) in [6.45, 7) is 9.96. The Balaban J connectivity index is 1.80. The Morgan fingerprint density at radius 2 is 1.68 bits per heavy atom. The quantitative estimate of drug-likeness (QED) is 0.338. The lowest BCUT2D eigenvalue weighted by Gasteiger charge is -2.23. The largest absolute Gasteiger partial charge is 0.416 e. The van der Waals surface area contributed by atoms with Crippen LogP contribution in [0.5, 0.6) is 0 Å². The second kappa shape index (κ2) is 11.7. The number of aromatic nitrogens is 2. The van der Waals surface area contributed by atoms with E-state index in [9.17, 15) is 22.8 Å². The van der Waals surface area contributed by atoms with Crippen molar-refractivity contribution in [1.82, 2.24) is 14.7 Å². The van der Waals surface area contributed by atoms with E-state index >= 15 is 0 Å². The topological polar surface area (TPSA) is 79.3 Å². The van der Waals surface area contributed by atoms with Crippen molar-refractivity contribution in [3.05, 3.63) is 71.4 Å². The molecule has 0 aliphatic rings. The third kappa shape index (κ3) is 7.60. The Hall–Kier alpha value is -3.82. The average molecular weight is 530 g/mol. The number of rotatable bonds is 8. The lowest BCUT2D eigenvalue weighted by atomic mass is 9.92. The zero-order valence-corrected chi connectivity index (χ0v) is 22.3. The highest BCUT2D eigenvalue weighted by Gasteiger charge is 2.30. The number of alkyl halides is 3. The molecule has 3 amide bonds. The molecule has 0 aliphatic carbocycles. The minimum Gasteiger partial charge on any atom is -0.315 e. The van der Waals surface area contributed by atoms with Crippen molar-refractivity contribution in [3.8, 4) is 5.69 Å². The molecule has 0 saturated carbocycles. The summed E-state index contributed by atoms with van der Waals surface area (Å²) < 4.78 is 40.9. The monoisotopic (exact) mass is 529 g/mol. The van der Waals surface area contributed by atoms with Gasteiger partial charge in [-0.15, -0.1) is 0 Å². The summed E-state index contributed by atoms with van der Waals surface area (Å²) in [6.07, 6.45) is -3.14. The summed E-state index contributed by atoms with van der Waals surface area (Å²) >= 11 is 0. The molecule has 0 spiro atoms. The predicted octanol–water partition coefficient (Wildman–Crippen LogP) is 6.77. The van der Waals surface area contributed by atoms with Crippen molar-refractivity contribution >= 4 is 23.4 Å². The third-order valence-electron chi connectivity index (χ3n) is 5.87. The van der Waals surface area contributed by atoms with Gasteiger partial charge in [0, 0.05) is 23.7 Å². The highest BCUT2D eigenvalue weighted by atomic mass is 19.4. The van der Waals surface area contributed by atoms with Gasteiger partial charge >= 0.3 is 12.2 Å². The molecule has 0 bridgehead atoms. The van der Waals surface area contributed by atoms with E-state index in [0.717, 1.165) is 35.5 Å². The molecule has 0 fully saturated rings. The van der Waals surface area contributed by atoms with E-state index in [4.69, 9.17) is 5.10 Å². The molecule has 10 heteroatoms. The molecule has 0 radical (unpaired) electrons. The van der Waals surface area contributed by atoms with Gasteiger partial charge in [0.2, 0.25) is 5.91 Å². The maximum Gasteiger partial charge on any atom is 0.416 e. The molecule has 0 saturated heterocycles. The summed E-state index contributed by atoms with van der Waals surface area (Å²) in [5, 5.41) is 10.0. The van der Waals surface area contributed by atoms with Crippen molar-refractivity contribution in [3.63, 3.8) is 0 Å². The van der Waals surface area contributed by atoms with Crippen molar-refractivity contribution < 1.29 is 22.8 Å². The number of carbonyl (C=O) groups excluding carboxylic acids is 2. The zero-order chi connectivity index (χ0) is 28.1. The zero-order valence-electron chi connectivity index (χ0n) is 22.3. The van der Waals surface area contributed by atoms with Crippen LogP contribution in [0.2, 0.25) is 0 Å². The van der Waals surface area contributed by atoms with Gasteiger partial charge in [-0.1, -0.05) is 57.9 Å². The minimum atomic E-state index is -4.53. The summed E-state index contributed by atoms with van der Waals surface area (Å²) in [4.78, 5) is 27.3. The van der Waals surface area contributed by atoms with Gasteiger partial charge < -0.3 is 15.5 Å². The van der Waals surface area contributed by atoms with Gasteiger partial charge in [0.25, 0.3) is 0 Å². The van der Waals surface area contributed by atoms with E-state index in [0.29, 0.717) is 12.2 Å². The van der Waals surface area contributed by atoms with Crippen LogP contribution in [0.4, 0.5) is 29.5 Å². The van der Waals surface area contributed by atoms with E-state index in [2.05, 4.69) is 10.6 Å². The molecule has 0 aliphatic heterocycles. The summed E-state index contributed by atoms with van der Waals surface area (Å²) in [5.74, 6) is 0.00604. The van der Waals surface area contributed by atoms with Crippen LogP contribution in [0.3, 0.4) is 0 Å². The number of nitrogens with one attached hydrogen (secondary N) is 2. The van der Waals surface area contributed by atoms with Gasteiger partial charge in [-0.2, -0.15) is 18.3 Å². The van der Waals surface area contributed by atoms with Gasteiger partial charge in [0.1, 0.15) is 12.4 Å². The first kappa shape index (κ1) is 28.7. The first-order valence-corrected chi connectivity index (χ1v) is 12.5. The molecule has 0 atom stereocenters. The standard InChI is InChI=1S/C28H34F3N5O2/c1-6-7-15-35(26(38)32-21-10-8-9-20(16-21)28(29,30)31)18-25(37)33-24-17-23(27(3,4)5)34-36(24)22-13-11-19(2)12-14-22/h8-14,16-17H,6-7,15,18H2,1-5H3,(H,32,38)(H,33,37). The first-order valence-electron chi connectivity index (χ1n) is 12.5. The number of benzene rings is 2. The maximum absolute atomic E-state index is 13.1. The smallest absolute Gasteiger partial charge is 0.315 e. The number of anilines is 2. The van der Waals surface area contributed by atoms with Crippen molar-refractivity contribution in [1.29, 1.82) is 0 Å². The number of carbonyl (C=O) groups is 2. The first-order chi connectivity index (χ1) is 17.8. The van der Waals surface area contributed by atoms with Crippen LogP contribution in [0, 0.1) is 6.92 Å². The summed E-state index contributed by atoms with van der Waals surface area (Å²) in [5.41, 5.74) is 1.49. The fraction of sp³-hybridized carbons (Fsp3) is 0.393. The lowest BCUT2D eigenvalue weighted by Crippen LogP contribution is -2.41. The highest BCUT2D eigenvalue weighted by molar-refractivity contribution is 5.96. The average Bonchev–Trinajstić information content (AvgIpc) is 3.26. The molecular weight excluding hydrogens is 495 g/mol. The van der Waals surface area contributed by atoms with Crippen LogP contribution in [0.1, 0.15) is 57.4 Å². The Bertz CT molecular complexity index is 1260. The maximum atomic E-state index is 13.1. The predicted molar refractivity (Wildman–Crippen MR) is 143 cm³/mol. The Kier molecular flexibility index (Phi) is 8.85. The summed E-state index contributed by atoms with van der Waals surface area (Å²) in [6, 6.07) is 13.2. The van der Waals surface area contributed by atoms with Gasteiger partial charge in [0.05, 0.1) is 16.9 Å². The number of hydrogen-bond acceptors (Lipinski definition) is 3. The van der Waals surface area contributed by atoms with E-state index in [1.165, 1.54) is 17.0 Å². The molecule has 2 N–H and O–H groups in total. The molecule has 3 aromatic rings. The van der Waals surface area contributed by atoms with E-state index in [1.807, 2.05) is 58.9 Å². The summed E-state index contributed by atoms with van der Waals surface area (Å²) in [7, 11) is 0. The van der Waals surface area contributed by atoms with E-state index in [1.54, 1.807) is 10.7 Å². The van der Waals surface area contributed by atoms with Crippen LogP contribution in [-0.2, 0) is 16.4 Å². The molecule has 7 nitrogen and oxygen atoms in total. The minimum absolute atomic E-state index is 0.000928. The molecule has 0 unspecified atom stereocenters. The van der Waals surface area contributed by atoms with Crippen LogP contribution < -0.4 is 10.6 Å². The van der Waals surface area contributed by atoms with Crippen LogP contribution in [0.25, 0.3) is 5.69 Å². The third-order valence-corrected chi connectivity index (χ3v) is 5.87. The van der Waals surface area contributed by atoms with Crippen LogP contribution in [-0.4, -0.2) is 39.7 Å². The highest BCUT2D eigenvalue weighted by Crippen LogP contribution is 2.31. The molecule has 1 heterocycles. The molecule has 3 rings (SSSR count). The number of unbranched alkanes of at least 4 members (excludes halogenated alkanes) is 1. The van der Waals surface area contributed by atoms with Crippen LogP contribution >= 0.6 is 0 Å². The molecule has 1 aromatic heterocycles. The lowest BCUT2D eigenvalue weighted by molar-refractivity contribution is -0.137. The van der Waals surface area contributed by atoms with E-state index in [-0.39, 0.29) is 24.2 Å². The van der Waals surface area contributed by atoms with Gasteiger partial charge in [-0.25, -0.2) is 9.48 Å². The van der Waals surface area contributed by atoms with Gasteiger partial charge in [0.15, 0.2) is 0 Å². The fourth-order valence-corrected chi connectivity index (χ4v) is 3.65. The molecule has 204 valence electrons. The second-order valence-corrected chi connectivity index (χ2v) is 10.2. The molecule has 2 aromatic carbocycles. The van der Waals surface area contributed by atoms with Crippen molar-refractivity contribution in [2.75, 3.05) is 23.7 Å². The fourth-order valence-electron chi connectivity index (χ4n) is 3.65. The molecule has 38 heavy (non-hydrogen) atoms. The normalized spacial score (nSPS) is 11.8. The number of nitrogens with zero attached hydrogens (tertiary/aromatic N) is 3. The number of aryl methyl sites for hydroxylation is 1. The van der Waals surface area contributed by atoms with Gasteiger partial charge in [-0.05, 0) is 43.7 Å².